The first-order valence-corrected chi connectivity index (χ1v) is 14.1. The summed E-state index contributed by atoms with van der Waals surface area (Å²) >= 11 is 0. The van der Waals surface area contributed by atoms with Crippen molar-refractivity contribution in [3.8, 4) is 11.5 Å². The zero-order valence-electron chi connectivity index (χ0n) is 22.1. The van der Waals surface area contributed by atoms with E-state index in [1.54, 1.807) is 18.2 Å². The molecular weight excluding hydrogens is 424 g/mol. The van der Waals surface area contributed by atoms with E-state index in [0.717, 1.165) is 25.7 Å². The van der Waals surface area contributed by atoms with Crippen LogP contribution >= 0.6 is 0 Å². The smallest absolute Gasteiger partial charge is 0.311 e. The topological polar surface area (TPSA) is 52.6 Å². The monoisotopic (exact) mass is 474 g/mol. The van der Waals surface area contributed by atoms with Gasteiger partial charge < -0.3 is 9.47 Å². The maximum atomic E-state index is 12.2. The molecule has 0 heterocycles. The lowest BCUT2D eigenvalue weighted by atomic mass is 10.0. The standard InChI is InChI=1S/C30H50O4/c1-3-5-7-9-11-12-13-14-15-16-17-19-21-30(32)34-27-22-24-28(31)29(25-23-27)33-26-20-18-10-8-6-4-2/h22-25H,3-21,26H2,1-2H3. The third-order valence-electron chi connectivity index (χ3n) is 6.26. The van der Waals surface area contributed by atoms with Gasteiger partial charge in [0.05, 0.1) is 6.61 Å². The second-order valence-corrected chi connectivity index (χ2v) is 9.53. The summed E-state index contributed by atoms with van der Waals surface area (Å²) in [5.74, 6) is 0.479. The second-order valence-electron chi connectivity index (χ2n) is 9.53. The summed E-state index contributed by atoms with van der Waals surface area (Å²) in [6, 6.07) is 6.24. The molecular formula is C30H50O4. The minimum absolute atomic E-state index is 0.186. The molecule has 0 unspecified atom stereocenters. The van der Waals surface area contributed by atoms with Crippen LogP contribution in [0, 0.1) is 0 Å². The molecule has 0 amide bonds. The van der Waals surface area contributed by atoms with E-state index in [2.05, 4.69) is 13.8 Å². The van der Waals surface area contributed by atoms with E-state index in [1.807, 2.05) is 0 Å². The Bertz CT molecular complexity index is 686. The van der Waals surface area contributed by atoms with Crippen molar-refractivity contribution in [2.45, 2.75) is 136 Å². The minimum atomic E-state index is -0.236. The summed E-state index contributed by atoms with van der Waals surface area (Å²) in [6.45, 7) is 5.01. The lowest BCUT2D eigenvalue weighted by Gasteiger charge is -2.04. The van der Waals surface area contributed by atoms with Gasteiger partial charge in [-0.05, 0) is 37.1 Å². The van der Waals surface area contributed by atoms with E-state index in [1.165, 1.54) is 96.0 Å². The van der Waals surface area contributed by atoms with Gasteiger partial charge in [-0.2, -0.15) is 0 Å². The first-order chi connectivity index (χ1) is 16.7. The Morgan fingerprint density at radius 1 is 0.618 bits per heavy atom. The van der Waals surface area contributed by atoms with Crippen molar-refractivity contribution < 1.29 is 14.3 Å². The molecule has 194 valence electrons. The molecule has 0 saturated carbocycles. The van der Waals surface area contributed by atoms with Crippen LogP contribution in [0.15, 0.2) is 29.1 Å². The van der Waals surface area contributed by atoms with Gasteiger partial charge in [0.25, 0.3) is 0 Å². The Hall–Kier alpha value is -1.84. The fourth-order valence-corrected chi connectivity index (χ4v) is 4.08. The molecule has 0 radical (unpaired) electrons. The predicted octanol–water partition coefficient (Wildman–Crippen LogP) is 8.78. The van der Waals surface area contributed by atoms with Gasteiger partial charge in [0.2, 0.25) is 5.43 Å². The number of esters is 1. The van der Waals surface area contributed by atoms with E-state index in [0.29, 0.717) is 24.5 Å². The van der Waals surface area contributed by atoms with E-state index >= 15 is 0 Å². The van der Waals surface area contributed by atoms with Gasteiger partial charge in [0, 0.05) is 6.42 Å². The number of carbonyl (C=O) groups is 1. The van der Waals surface area contributed by atoms with Crippen molar-refractivity contribution in [3.05, 3.63) is 34.5 Å². The number of carbonyl (C=O) groups excluding carboxylic acids is 1. The average molecular weight is 475 g/mol. The van der Waals surface area contributed by atoms with Crippen molar-refractivity contribution in [1.29, 1.82) is 0 Å². The normalized spacial score (nSPS) is 10.9. The molecule has 1 aromatic carbocycles. The molecule has 0 atom stereocenters. The minimum Gasteiger partial charge on any atom is -0.489 e. The highest BCUT2D eigenvalue weighted by Crippen LogP contribution is 2.15. The Morgan fingerprint density at radius 2 is 1.09 bits per heavy atom. The van der Waals surface area contributed by atoms with E-state index < -0.39 is 0 Å². The second kappa shape index (κ2) is 21.7. The Morgan fingerprint density at radius 3 is 1.65 bits per heavy atom. The molecule has 0 fully saturated rings. The van der Waals surface area contributed by atoms with Gasteiger partial charge in [-0.25, -0.2) is 0 Å². The summed E-state index contributed by atoms with van der Waals surface area (Å²) < 4.78 is 11.1. The highest BCUT2D eigenvalue weighted by atomic mass is 16.5. The molecule has 0 aliphatic carbocycles. The summed E-state index contributed by atoms with van der Waals surface area (Å²) in [6.07, 6.45) is 22.7. The molecule has 1 rings (SSSR count). The lowest BCUT2D eigenvalue weighted by molar-refractivity contribution is -0.134. The number of ether oxygens (including phenoxy) is 2. The summed E-state index contributed by atoms with van der Waals surface area (Å²) in [7, 11) is 0. The van der Waals surface area contributed by atoms with Crippen LogP contribution in [0.5, 0.6) is 11.5 Å². The Labute approximate surface area is 208 Å². The van der Waals surface area contributed by atoms with Crippen LogP contribution < -0.4 is 14.9 Å². The van der Waals surface area contributed by atoms with Crippen LogP contribution in [-0.4, -0.2) is 12.6 Å². The van der Waals surface area contributed by atoms with Crippen LogP contribution in [0.1, 0.15) is 136 Å². The highest BCUT2D eigenvalue weighted by molar-refractivity contribution is 5.72. The Kier molecular flexibility index (Phi) is 19.2. The molecule has 0 spiro atoms. The summed E-state index contributed by atoms with van der Waals surface area (Å²) in [5.41, 5.74) is -0.186. The van der Waals surface area contributed by atoms with Crippen LogP contribution in [0.25, 0.3) is 0 Å². The molecule has 0 aliphatic rings. The zero-order valence-corrected chi connectivity index (χ0v) is 22.1. The van der Waals surface area contributed by atoms with Gasteiger partial charge in [0.1, 0.15) is 5.75 Å². The third kappa shape index (κ3) is 16.7. The van der Waals surface area contributed by atoms with Gasteiger partial charge in [0.15, 0.2) is 5.75 Å². The fraction of sp³-hybridized carbons (Fsp3) is 0.733. The van der Waals surface area contributed by atoms with Crippen LogP contribution in [-0.2, 0) is 4.79 Å². The van der Waals surface area contributed by atoms with Gasteiger partial charge >= 0.3 is 5.97 Å². The van der Waals surface area contributed by atoms with Crippen LogP contribution in [0.2, 0.25) is 0 Å². The molecule has 4 heteroatoms. The Balaban J connectivity index is 2.14. The van der Waals surface area contributed by atoms with Crippen molar-refractivity contribution in [3.63, 3.8) is 0 Å². The number of hydrogen-bond donors (Lipinski definition) is 0. The average Bonchev–Trinajstić information content (AvgIpc) is 3.00. The largest absolute Gasteiger partial charge is 0.489 e. The number of unbranched alkanes of at least 4 members (excludes halogenated alkanes) is 16. The predicted molar refractivity (Wildman–Crippen MR) is 143 cm³/mol. The zero-order chi connectivity index (χ0) is 24.7. The third-order valence-corrected chi connectivity index (χ3v) is 6.26. The molecule has 0 saturated heterocycles. The van der Waals surface area contributed by atoms with Crippen molar-refractivity contribution in [2.24, 2.45) is 0 Å². The highest BCUT2D eigenvalue weighted by Gasteiger charge is 2.06. The van der Waals surface area contributed by atoms with Gasteiger partial charge in [-0.15, -0.1) is 0 Å². The molecule has 0 aromatic heterocycles. The molecule has 0 N–H and O–H groups in total. The van der Waals surface area contributed by atoms with Crippen LogP contribution in [0.3, 0.4) is 0 Å². The maximum Gasteiger partial charge on any atom is 0.311 e. The van der Waals surface area contributed by atoms with Crippen molar-refractivity contribution >= 4 is 5.97 Å². The fourth-order valence-electron chi connectivity index (χ4n) is 4.08. The molecule has 34 heavy (non-hydrogen) atoms. The van der Waals surface area contributed by atoms with E-state index in [4.69, 9.17) is 9.47 Å². The van der Waals surface area contributed by atoms with Crippen molar-refractivity contribution in [1.82, 2.24) is 0 Å². The number of rotatable bonds is 22. The molecule has 0 bridgehead atoms. The quantitative estimate of drug-likeness (QED) is 0.124. The summed E-state index contributed by atoms with van der Waals surface area (Å²) in [4.78, 5) is 24.3. The van der Waals surface area contributed by atoms with Gasteiger partial charge in [-0.3, -0.25) is 9.59 Å². The van der Waals surface area contributed by atoms with Crippen molar-refractivity contribution in [2.75, 3.05) is 6.61 Å². The lowest BCUT2D eigenvalue weighted by Crippen LogP contribution is -2.07. The first-order valence-electron chi connectivity index (χ1n) is 14.1. The molecule has 4 nitrogen and oxygen atoms in total. The van der Waals surface area contributed by atoms with Gasteiger partial charge in [-0.1, -0.05) is 117 Å². The van der Waals surface area contributed by atoms with E-state index in [-0.39, 0.29) is 11.4 Å². The molecule has 1 aromatic rings. The molecule has 0 aliphatic heterocycles. The van der Waals surface area contributed by atoms with Crippen LogP contribution in [0.4, 0.5) is 0 Å². The first kappa shape index (κ1) is 30.2. The maximum absolute atomic E-state index is 12.2. The van der Waals surface area contributed by atoms with E-state index in [9.17, 15) is 9.59 Å². The number of hydrogen-bond acceptors (Lipinski definition) is 4. The SMILES string of the molecule is CCCCCCCCCCCCCCC(=O)Oc1ccc(OCCCCCCCC)c(=O)cc1. The summed E-state index contributed by atoms with van der Waals surface area (Å²) in [5, 5.41) is 0.